The SMILES string of the molecule is CCOCCOc1ccc(C(=N)N)cc1Br. The largest absolute Gasteiger partial charge is 0.490 e. The highest BCUT2D eigenvalue weighted by Crippen LogP contribution is 2.25. The first-order valence-corrected chi connectivity index (χ1v) is 5.79. The second kappa shape index (κ2) is 6.50. The van der Waals surface area contributed by atoms with Gasteiger partial charge in [-0.05, 0) is 41.1 Å². The van der Waals surface area contributed by atoms with Gasteiger partial charge in [-0.1, -0.05) is 0 Å². The molecule has 5 heteroatoms. The van der Waals surface area contributed by atoms with E-state index in [0.717, 1.165) is 10.2 Å². The fraction of sp³-hybridized carbons (Fsp3) is 0.364. The highest BCUT2D eigenvalue weighted by Gasteiger charge is 2.04. The van der Waals surface area contributed by atoms with E-state index >= 15 is 0 Å². The lowest BCUT2D eigenvalue weighted by atomic mass is 10.2. The number of benzene rings is 1. The van der Waals surface area contributed by atoms with Crippen LogP contribution in [-0.2, 0) is 4.74 Å². The summed E-state index contributed by atoms with van der Waals surface area (Å²) in [7, 11) is 0. The molecule has 0 amide bonds. The maximum absolute atomic E-state index is 7.29. The maximum atomic E-state index is 7.29. The van der Waals surface area contributed by atoms with Crippen LogP contribution in [0.3, 0.4) is 0 Å². The van der Waals surface area contributed by atoms with Crippen molar-refractivity contribution in [2.45, 2.75) is 6.92 Å². The molecule has 16 heavy (non-hydrogen) atoms. The second-order valence-corrected chi connectivity index (χ2v) is 3.96. The molecule has 0 aliphatic heterocycles. The van der Waals surface area contributed by atoms with Crippen LogP contribution in [0.25, 0.3) is 0 Å². The van der Waals surface area contributed by atoms with Crippen LogP contribution in [0.15, 0.2) is 22.7 Å². The van der Waals surface area contributed by atoms with Crippen LogP contribution in [0, 0.1) is 5.41 Å². The lowest BCUT2D eigenvalue weighted by molar-refractivity contribution is 0.110. The lowest BCUT2D eigenvalue weighted by Gasteiger charge is -2.09. The van der Waals surface area contributed by atoms with Crippen molar-refractivity contribution in [2.75, 3.05) is 19.8 Å². The quantitative estimate of drug-likeness (QED) is 0.478. The van der Waals surface area contributed by atoms with E-state index in [-0.39, 0.29) is 5.84 Å². The van der Waals surface area contributed by atoms with Crippen molar-refractivity contribution in [1.29, 1.82) is 5.41 Å². The maximum Gasteiger partial charge on any atom is 0.133 e. The summed E-state index contributed by atoms with van der Waals surface area (Å²) in [6, 6.07) is 5.30. The van der Waals surface area contributed by atoms with Crippen molar-refractivity contribution in [3.05, 3.63) is 28.2 Å². The first-order valence-electron chi connectivity index (χ1n) is 4.99. The van der Waals surface area contributed by atoms with Gasteiger partial charge in [-0.15, -0.1) is 0 Å². The van der Waals surface area contributed by atoms with Crippen LogP contribution < -0.4 is 10.5 Å². The number of rotatable bonds is 6. The third-order valence-corrected chi connectivity index (χ3v) is 2.55. The van der Waals surface area contributed by atoms with Gasteiger partial charge < -0.3 is 15.2 Å². The summed E-state index contributed by atoms with van der Waals surface area (Å²) in [5, 5.41) is 7.29. The molecule has 1 aromatic rings. The molecule has 1 rings (SSSR count). The van der Waals surface area contributed by atoms with Gasteiger partial charge in [-0.3, -0.25) is 5.41 Å². The van der Waals surface area contributed by atoms with Gasteiger partial charge in [0, 0.05) is 12.2 Å². The van der Waals surface area contributed by atoms with E-state index < -0.39 is 0 Å². The van der Waals surface area contributed by atoms with Gasteiger partial charge in [-0.2, -0.15) is 0 Å². The van der Waals surface area contributed by atoms with Crippen LogP contribution in [0.4, 0.5) is 0 Å². The Hall–Kier alpha value is -1.07. The topological polar surface area (TPSA) is 68.3 Å². The predicted octanol–water partition coefficient (Wildman–Crippen LogP) is 2.15. The van der Waals surface area contributed by atoms with Crippen LogP contribution >= 0.6 is 15.9 Å². The number of halogens is 1. The van der Waals surface area contributed by atoms with Gasteiger partial charge in [0.15, 0.2) is 0 Å². The van der Waals surface area contributed by atoms with E-state index in [1.165, 1.54) is 0 Å². The summed E-state index contributed by atoms with van der Waals surface area (Å²) in [4.78, 5) is 0. The molecule has 0 unspecified atom stereocenters. The van der Waals surface area contributed by atoms with Crippen LogP contribution in [-0.4, -0.2) is 25.7 Å². The molecule has 0 saturated carbocycles. The Morgan fingerprint density at radius 2 is 2.19 bits per heavy atom. The molecule has 0 heterocycles. The number of nitrogen functional groups attached to an aromatic ring is 1. The van der Waals surface area contributed by atoms with E-state index in [0.29, 0.717) is 25.4 Å². The van der Waals surface area contributed by atoms with Crippen molar-refractivity contribution >= 4 is 21.8 Å². The zero-order chi connectivity index (χ0) is 12.0. The highest BCUT2D eigenvalue weighted by molar-refractivity contribution is 9.10. The van der Waals surface area contributed by atoms with Crippen LogP contribution in [0.5, 0.6) is 5.75 Å². The van der Waals surface area contributed by atoms with Crippen molar-refractivity contribution in [1.82, 2.24) is 0 Å². The normalized spacial score (nSPS) is 10.1. The van der Waals surface area contributed by atoms with E-state index in [2.05, 4.69) is 15.9 Å². The minimum Gasteiger partial charge on any atom is -0.490 e. The molecule has 0 fully saturated rings. The number of hydrogen-bond donors (Lipinski definition) is 2. The molecular formula is C11H15BrN2O2. The second-order valence-electron chi connectivity index (χ2n) is 3.10. The zero-order valence-electron chi connectivity index (χ0n) is 9.13. The lowest BCUT2D eigenvalue weighted by Crippen LogP contribution is -2.11. The summed E-state index contributed by atoms with van der Waals surface area (Å²) in [6.45, 7) is 3.70. The highest BCUT2D eigenvalue weighted by atomic mass is 79.9. The summed E-state index contributed by atoms with van der Waals surface area (Å²) in [5.41, 5.74) is 6.04. The van der Waals surface area contributed by atoms with Gasteiger partial charge in [0.25, 0.3) is 0 Å². The van der Waals surface area contributed by atoms with E-state index in [9.17, 15) is 0 Å². The molecule has 4 nitrogen and oxygen atoms in total. The molecule has 88 valence electrons. The van der Waals surface area contributed by atoms with Crippen molar-refractivity contribution in [3.8, 4) is 5.75 Å². The Balaban J connectivity index is 2.57. The molecule has 3 N–H and O–H groups in total. The number of hydrogen-bond acceptors (Lipinski definition) is 3. The van der Waals surface area contributed by atoms with Crippen molar-refractivity contribution in [2.24, 2.45) is 5.73 Å². The smallest absolute Gasteiger partial charge is 0.133 e. The molecule has 0 aromatic heterocycles. The Labute approximate surface area is 103 Å². The Morgan fingerprint density at radius 1 is 1.44 bits per heavy atom. The third kappa shape index (κ3) is 3.83. The van der Waals surface area contributed by atoms with Crippen LogP contribution in [0.1, 0.15) is 12.5 Å². The monoisotopic (exact) mass is 286 g/mol. The van der Waals surface area contributed by atoms with E-state index in [1.54, 1.807) is 18.2 Å². The Bertz CT molecular complexity index is 369. The Kier molecular flexibility index (Phi) is 5.28. The fourth-order valence-electron chi connectivity index (χ4n) is 1.14. The molecule has 1 aromatic carbocycles. The summed E-state index contributed by atoms with van der Waals surface area (Å²) in [5.74, 6) is 0.770. The Morgan fingerprint density at radius 3 is 2.75 bits per heavy atom. The summed E-state index contributed by atoms with van der Waals surface area (Å²) < 4.78 is 11.4. The van der Waals surface area contributed by atoms with Crippen molar-refractivity contribution < 1.29 is 9.47 Å². The number of nitrogens with two attached hydrogens (primary N) is 1. The minimum atomic E-state index is 0.0431. The first kappa shape index (κ1) is 13.0. The molecule has 0 bridgehead atoms. The molecule has 0 aliphatic rings. The van der Waals surface area contributed by atoms with Gasteiger partial charge in [0.05, 0.1) is 11.1 Å². The average Bonchev–Trinajstić information content (AvgIpc) is 2.26. The fourth-order valence-corrected chi connectivity index (χ4v) is 1.63. The molecular weight excluding hydrogens is 272 g/mol. The molecule has 0 radical (unpaired) electrons. The number of amidine groups is 1. The number of ether oxygens (including phenoxy) is 2. The van der Waals surface area contributed by atoms with E-state index in [4.69, 9.17) is 20.6 Å². The van der Waals surface area contributed by atoms with E-state index in [1.807, 2.05) is 6.92 Å². The molecule has 0 atom stereocenters. The summed E-state index contributed by atoms with van der Waals surface area (Å²) in [6.07, 6.45) is 0. The predicted molar refractivity (Wildman–Crippen MR) is 67.1 cm³/mol. The van der Waals surface area contributed by atoms with Crippen LogP contribution in [0.2, 0.25) is 0 Å². The summed E-state index contributed by atoms with van der Waals surface area (Å²) >= 11 is 3.37. The van der Waals surface area contributed by atoms with Gasteiger partial charge in [0.1, 0.15) is 18.2 Å². The molecule has 0 aliphatic carbocycles. The minimum absolute atomic E-state index is 0.0431. The zero-order valence-corrected chi connectivity index (χ0v) is 10.7. The van der Waals surface area contributed by atoms with Gasteiger partial charge in [0.2, 0.25) is 0 Å². The van der Waals surface area contributed by atoms with Crippen molar-refractivity contribution in [3.63, 3.8) is 0 Å². The van der Waals surface area contributed by atoms with Gasteiger partial charge >= 0.3 is 0 Å². The number of nitrogens with one attached hydrogen (secondary N) is 1. The standard InChI is InChI=1S/C11H15BrN2O2/c1-2-15-5-6-16-10-4-3-8(11(13)14)7-9(10)12/h3-4,7H,2,5-6H2,1H3,(H3,13,14). The average molecular weight is 287 g/mol. The van der Waals surface area contributed by atoms with Gasteiger partial charge in [-0.25, -0.2) is 0 Å². The third-order valence-electron chi connectivity index (χ3n) is 1.93. The first-order chi connectivity index (χ1) is 7.65. The molecule has 0 spiro atoms. The molecule has 0 saturated heterocycles.